The number of thiophene rings is 1. The lowest BCUT2D eigenvalue weighted by molar-refractivity contribution is 0.0915. The number of benzene rings is 1. The normalized spacial score (nSPS) is 20.8. The molecule has 112 valence electrons. The number of nitrogen functional groups attached to an aromatic ring is 1. The smallest absolute Gasteiger partial charge is 0.263 e. The standard InChI is InChI=1S/C17H22N2OS/c1-10-6-4-7-11-13(18)15(21-14(10)11)16(20)19-12-8-5-9-17(12,2)3/h4,6-7,12H,5,8-9,18H2,1-3H3,(H,19,20). The molecule has 0 radical (unpaired) electrons. The molecule has 1 aliphatic carbocycles. The fourth-order valence-corrected chi connectivity index (χ4v) is 4.36. The minimum Gasteiger partial charge on any atom is -0.397 e. The lowest BCUT2D eigenvalue weighted by Crippen LogP contribution is -2.41. The molecule has 0 saturated heterocycles. The Labute approximate surface area is 129 Å². The highest BCUT2D eigenvalue weighted by molar-refractivity contribution is 7.21. The molecule has 1 heterocycles. The summed E-state index contributed by atoms with van der Waals surface area (Å²) in [6.45, 7) is 6.51. The summed E-state index contributed by atoms with van der Waals surface area (Å²) in [6.07, 6.45) is 3.40. The third-order valence-corrected chi connectivity index (χ3v) is 6.08. The van der Waals surface area contributed by atoms with Crippen molar-refractivity contribution in [2.45, 2.75) is 46.1 Å². The van der Waals surface area contributed by atoms with Crippen molar-refractivity contribution in [3.63, 3.8) is 0 Å². The van der Waals surface area contributed by atoms with E-state index in [2.05, 4.69) is 32.2 Å². The summed E-state index contributed by atoms with van der Waals surface area (Å²) in [5.74, 6) is -0.0203. The van der Waals surface area contributed by atoms with E-state index < -0.39 is 0 Å². The Morgan fingerprint density at radius 2 is 2.19 bits per heavy atom. The third kappa shape index (κ3) is 2.42. The summed E-state index contributed by atoms with van der Waals surface area (Å²) in [5, 5.41) is 4.19. The lowest BCUT2D eigenvalue weighted by Gasteiger charge is -2.27. The van der Waals surface area contributed by atoms with Gasteiger partial charge in [0.2, 0.25) is 0 Å². The van der Waals surface area contributed by atoms with Gasteiger partial charge in [0.25, 0.3) is 5.91 Å². The van der Waals surface area contributed by atoms with Crippen LogP contribution in [0.15, 0.2) is 18.2 Å². The molecular weight excluding hydrogens is 280 g/mol. The van der Waals surface area contributed by atoms with E-state index >= 15 is 0 Å². The molecule has 0 spiro atoms. The van der Waals surface area contributed by atoms with Crippen molar-refractivity contribution in [3.8, 4) is 0 Å². The highest BCUT2D eigenvalue weighted by Crippen LogP contribution is 2.39. The average molecular weight is 302 g/mol. The monoisotopic (exact) mass is 302 g/mol. The van der Waals surface area contributed by atoms with Gasteiger partial charge in [0.1, 0.15) is 4.88 Å². The van der Waals surface area contributed by atoms with E-state index in [0.717, 1.165) is 16.5 Å². The first kappa shape index (κ1) is 14.4. The van der Waals surface area contributed by atoms with Crippen LogP contribution in [0.4, 0.5) is 5.69 Å². The van der Waals surface area contributed by atoms with Gasteiger partial charge in [0, 0.05) is 16.1 Å². The molecular formula is C17H22N2OS. The zero-order chi connectivity index (χ0) is 15.2. The maximum absolute atomic E-state index is 12.6. The van der Waals surface area contributed by atoms with Crippen LogP contribution in [0.5, 0.6) is 0 Å². The summed E-state index contributed by atoms with van der Waals surface area (Å²) in [5.41, 5.74) is 8.17. The molecule has 3 rings (SSSR count). The number of carbonyl (C=O) groups excluding carboxylic acids is 1. The second kappa shape index (κ2) is 5.02. The van der Waals surface area contributed by atoms with Gasteiger partial charge in [-0.15, -0.1) is 11.3 Å². The Balaban J connectivity index is 1.92. The molecule has 3 nitrogen and oxygen atoms in total. The van der Waals surface area contributed by atoms with E-state index in [0.29, 0.717) is 10.6 Å². The van der Waals surface area contributed by atoms with Crippen molar-refractivity contribution in [2.75, 3.05) is 5.73 Å². The maximum Gasteiger partial charge on any atom is 0.263 e. The SMILES string of the molecule is Cc1cccc2c(N)c(C(=O)NC3CCCC3(C)C)sc12. The van der Waals surface area contributed by atoms with Crippen LogP contribution in [0.1, 0.15) is 48.3 Å². The first-order valence-electron chi connectivity index (χ1n) is 7.48. The molecule has 1 aromatic carbocycles. The van der Waals surface area contributed by atoms with Gasteiger partial charge in [-0.05, 0) is 30.7 Å². The van der Waals surface area contributed by atoms with Crippen molar-refractivity contribution < 1.29 is 4.79 Å². The van der Waals surface area contributed by atoms with Gasteiger partial charge in [-0.2, -0.15) is 0 Å². The molecule has 1 fully saturated rings. The summed E-state index contributed by atoms with van der Waals surface area (Å²) in [6, 6.07) is 6.28. The number of aryl methyl sites for hydroxylation is 1. The molecule has 0 aliphatic heterocycles. The van der Waals surface area contributed by atoms with E-state index in [1.54, 1.807) is 0 Å². The third-order valence-electron chi connectivity index (χ3n) is 4.72. The first-order chi connectivity index (χ1) is 9.90. The number of rotatable bonds is 2. The number of fused-ring (bicyclic) bond motifs is 1. The quantitative estimate of drug-likeness (QED) is 0.877. The minimum absolute atomic E-state index is 0.0203. The number of anilines is 1. The van der Waals surface area contributed by atoms with Crippen molar-refractivity contribution in [3.05, 3.63) is 28.6 Å². The molecule has 1 saturated carbocycles. The van der Waals surface area contributed by atoms with E-state index in [1.165, 1.54) is 29.7 Å². The summed E-state index contributed by atoms with van der Waals surface area (Å²) >= 11 is 1.51. The van der Waals surface area contributed by atoms with Crippen LogP contribution in [0.3, 0.4) is 0 Å². The van der Waals surface area contributed by atoms with Crippen LogP contribution >= 0.6 is 11.3 Å². The molecule has 1 atom stereocenters. The number of carbonyl (C=O) groups is 1. The minimum atomic E-state index is -0.0203. The Morgan fingerprint density at radius 3 is 2.81 bits per heavy atom. The van der Waals surface area contributed by atoms with Crippen molar-refractivity contribution in [1.29, 1.82) is 0 Å². The van der Waals surface area contributed by atoms with Gasteiger partial charge in [-0.1, -0.05) is 38.5 Å². The van der Waals surface area contributed by atoms with E-state index in [9.17, 15) is 4.79 Å². The molecule has 1 aromatic heterocycles. The number of hydrogen-bond acceptors (Lipinski definition) is 3. The molecule has 4 heteroatoms. The van der Waals surface area contributed by atoms with Crippen LogP contribution in [-0.4, -0.2) is 11.9 Å². The fourth-order valence-electron chi connectivity index (χ4n) is 3.27. The zero-order valence-electron chi connectivity index (χ0n) is 12.8. The van der Waals surface area contributed by atoms with Gasteiger partial charge in [0.15, 0.2) is 0 Å². The maximum atomic E-state index is 12.6. The van der Waals surface area contributed by atoms with Crippen LogP contribution in [0.25, 0.3) is 10.1 Å². The number of nitrogens with one attached hydrogen (secondary N) is 1. The molecule has 2 aromatic rings. The van der Waals surface area contributed by atoms with Crippen molar-refractivity contribution in [1.82, 2.24) is 5.32 Å². The molecule has 21 heavy (non-hydrogen) atoms. The van der Waals surface area contributed by atoms with Gasteiger partial charge >= 0.3 is 0 Å². The molecule has 1 amide bonds. The van der Waals surface area contributed by atoms with Crippen LogP contribution in [-0.2, 0) is 0 Å². The molecule has 1 unspecified atom stereocenters. The highest BCUT2D eigenvalue weighted by Gasteiger charge is 2.36. The van der Waals surface area contributed by atoms with E-state index in [-0.39, 0.29) is 17.4 Å². The first-order valence-corrected chi connectivity index (χ1v) is 8.30. The Hall–Kier alpha value is -1.55. The fraction of sp³-hybridized carbons (Fsp3) is 0.471. The van der Waals surface area contributed by atoms with E-state index in [1.807, 2.05) is 12.1 Å². The Bertz CT molecular complexity index is 702. The Kier molecular flexibility index (Phi) is 3.44. The predicted molar refractivity (Wildman–Crippen MR) is 89.9 cm³/mol. The molecule has 0 bridgehead atoms. The number of hydrogen-bond donors (Lipinski definition) is 2. The summed E-state index contributed by atoms with van der Waals surface area (Å²) in [4.78, 5) is 13.3. The summed E-state index contributed by atoms with van der Waals surface area (Å²) in [7, 11) is 0. The van der Waals surface area contributed by atoms with Crippen LogP contribution < -0.4 is 11.1 Å². The van der Waals surface area contributed by atoms with Gasteiger partial charge in [0.05, 0.1) is 5.69 Å². The second-order valence-electron chi connectivity index (χ2n) is 6.70. The topological polar surface area (TPSA) is 55.1 Å². The van der Waals surface area contributed by atoms with Gasteiger partial charge in [-0.25, -0.2) is 0 Å². The zero-order valence-corrected chi connectivity index (χ0v) is 13.6. The van der Waals surface area contributed by atoms with Crippen LogP contribution in [0, 0.1) is 12.3 Å². The van der Waals surface area contributed by atoms with Crippen LogP contribution in [0.2, 0.25) is 0 Å². The van der Waals surface area contributed by atoms with E-state index in [4.69, 9.17) is 5.73 Å². The molecule has 3 N–H and O–H groups in total. The largest absolute Gasteiger partial charge is 0.397 e. The second-order valence-corrected chi connectivity index (χ2v) is 7.72. The predicted octanol–water partition coefficient (Wildman–Crippen LogP) is 4.10. The average Bonchev–Trinajstić information content (AvgIpc) is 2.92. The van der Waals surface area contributed by atoms with Crippen molar-refractivity contribution >= 4 is 33.0 Å². The highest BCUT2D eigenvalue weighted by atomic mass is 32.1. The van der Waals surface area contributed by atoms with Gasteiger partial charge < -0.3 is 11.1 Å². The number of amides is 1. The van der Waals surface area contributed by atoms with Gasteiger partial charge in [-0.3, -0.25) is 4.79 Å². The lowest BCUT2D eigenvalue weighted by atomic mass is 9.87. The summed E-state index contributed by atoms with van der Waals surface area (Å²) < 4.78 is 1.12. The number of nitrogens with two attached hydrogens (primary N) is 1. The molecule has 1 aliphatic rings. The van der Waals surface area contributed by atoms with Crippen molar-refractivity contribution in [2.24, 2.45) is 5.41 Å². The Morgan fingerprint density at radius 1 is 1.43 bits per heavy atom.